The molecule has 0 bridgehead atoms. The van der Waals surface area contributed by atoms with Gasteiger partial charge in [0.05, 0.1) is 0 Å². The van der Waals surface area contributed by atoms with Crippen molar-refractivity contribution in [2.75, 3.05) is 11.9 Å². The number of carbonyl (C=O) groups excluding carboxylic acids is 1. The van der Waals surface area contributed by atoms with Crippen LogP contribution in [0.2, 0.25) is 0 Å². The highest BCUT2D eigenvalue weighted by atomic mass is 32.2. The van der Waals surface area contributed by atoms with E-state index in [-0.39, 0.29) is 10.9 Å². The second-order valence-electron chi connectivity index (χ2n) is 5.80. The van der Waals surface area contributed by atoms with Gasteiger partial charge in [-0.1, -0.05) is 44.5 Å². The lowest BCUT2D eigenvalue weighted by Crippen LogP contribution is -2.29. The third-order valence-electron chi connectivity index (χ3n) is 3.61. The number of carbonyl (C=O) groups is 1. The second kappa shape index (κ2) is 9.24. The number of rotatable bonds is 8. The molecule has 2 N–H and O–H groups in total. The molecule has 26 heavy (non-hydrogen) atoms. The summed E-state index contributed by atoms with van der Waals surface area (Å²) in [5, 5.41) is 5.28. The molecule has 140 valence electrons. The van der Waals surface area contributed by atoms with E-state index in [1.54, 1.807) is 24.3 Å². The van der Waals surface area contributed by atoms with Crippen LogP contribution in [-0.2, 0) is 16.5 Å². The minimum atomic E-state index is -4.00. The van der Waals surface area contributed by atoms with Gasteiger partial charge in [-0.25, -0.2) is 4.79 Å². The second-order valence-corrected chi connectivity index (χ2v) is 7.35. The normalized spacial score (nSPS) is 11.0. The van der Waals surface area contributed by atoms with Gasteiger partial charge in [0.1, 0.15) is 10.6 Å². The van der Waals surface area contributed by atoms with Gasteiger partial charge in [-0.05, 0) is 42.7 Å². The monoisotopic (exact) mass is 376 g/mol. The number of aryl methyl sites for hydroxylation is 1. The van der Waals surface area contributed by atoms with Crippen LogP contribution in [0.4, 0.5) is 10.5 Å². The van der Waals surface area contributed by atoms with E-state index in [0.717, 1.165) is 24.8 Å². The van der Waals surface area contributed by atoms with Gasteiger partial charge in [0, 0.05) is 12.2 Å². The number of hydrogen-bond donors (Lipinski definition) is 2. The van der Waals surface area contributed by atoms with E-state index in [1.165, 1.54) is 12.1 Å². The fourth-order valence-corrected chi connectivity index (χ4v) is 3.38. The van der Waals surface area contributed by atoms with Crippen LogP contribution in [0.3, 0.4) is 0 Å². The first-order valence-electron chi connectivity index (χ1n) is 8.63. The van der Waals surface area contributed by atoms with Crippen molar-refractivity contribution < 1.29 is 17.4 Å². The predicted molar refractivity (Wildman–Crippen MR) is 102 cm³/mol. The molecular formula is C19H24N2O4S. The molecule has 2 amide bonds. The Bertz CT molecular complexity index is 850. The van der Waals surface area contributed by atoms with Gasteiger partial charge < -0.3 is 14.8 Å². The van der Waals surface area contributed by atoms with Gasteiger partial charge in [-0.3, -0.25) is 0 Å². The predicted octanol–water partition coefficient (Wildman–Crippen LogP) is 3.94. The number of amides is 2. The summed E-state index contributed by atoms with van der Waals surface area (Å²) in [6.45, 7) is 4.51. The molecule has 0 saturated heterocycles. The largest absolute Gasteiger partial charge is 0.379 e. The first-order chi connectivity index (χ1) is 12.5. The summed E-state index contributed by atoms with van der Waals surface area (Å²) in [7, 11) is -4.00. The molecule has 0 aliphatic heterocycles. The van der Waals surface area contributed by atoms with E-state index in [9.17, 15) is 13.2 Å². The Morgan fingerprint density at radius 3 is 2.54 bits per heavy atom. The summed E-state index contributed by atoms with van der Waals surface area (Å²) in [5.74, 6) is 0.327. The maximum Gasteiger partial charge on any atom is 0.339 e. The molecule has 0 aliphatic carbocycles. The van der Waals surface area contributed by atoms with Gasteiger partial charge in [-0.2, -0.15) is 8.42 Å². The van der Waals surface area contributed by atoms with Crippen molar-refractivity contribution in [3.8, 4) is 5.75 Å². The summed E-state index contributed by atoms with van der Waals surface area (Å²) in [5.41, 5.74) is 1.22. The highest BCUT2D eigenvalue weighted by molar-refractivity contribution is 7.87. The maximum absolute atomic E-state index is 12.6. The summed E-state index contributed by atoms with van der Waals surface area (Å²) in [6.07, 6.45) is 2.42. The third kappa shape index (κ3) is 5.49. The number of urea groups is 1. The van der Waals surface area contributed by atoms with Crippen LogP contribution < -0.4 is 14.8 Å². The molecule has 0 spiro atoms. The Labute approximate surface area is 154 Å². The van der Waals surface area contributed by atoms with E-state index in [2.05, 4.69) is 10.6 Å². The molecule has 0 heterocycles. The molecule has 0 aromatic heterocycles. The summed E-state index contributed by atoms with van der Waals surface area (Å²) >= 11 is 0. The van der Waals surface area contributed by atoms with Crippen LogP contribution in [0.5, 0.6) is 5.75 Å². The molecule has 0 aliphatic rings. The van der Waals surface area contributed by atoms with Crippen LogP contribution in [-0.4, -0.2) is 21.0 Å². The van der Waals surface area contributed by atoms with Crippen LogP contribution in [0.1, 0.15) is 32.3 Å². The first-order valence-corrected chi connectivity index (χ1v) is 10.0. The number of nitrogens with one attached hydrogen (secondary N) is 2. The van der Waals surface area contributed by atoms with E-state index in [4.69, 9.17) is 4.18 Å². The van der Waals surface area contributed by atoms with Crippen molar-refractivity contribution in [2.24, 2.45) is 0 Å². The highest BCUT2D eigenvalue weighted by Crippen LogP contribution is 2.25. The lowest BCUT2D eigenvalue weighted by molar-refractivity contribution is 0.252. The molecule has 0 radical (unpaired) electrons. The lowest BCUT2D eigenvalue weighted by atomic mass is 10.1. The molecule has 0 unspecified atom stereocenters. The van der Waals surface area contributed by atoms with E-state index in [0.29, 0.717) is 18.0 Å². The molecule has 2 aromatic rings. The van der Waals surface area contributed by atoms with Crippen molar-refractivity contribution in [3.05, 3.63) is 54.1 Å². The van der Waals surface area contributed by atoms with Crippen LogP contribution >= 0.6 is 0 Å². The van der Waals surface area contributed by atoms with Gasteiger partial charge >= 0.3 is 16.1 Å². The minimum Gasteiger partial charge on any atom is -0.379 e. The van der Waals surface area contributed by atoms with E-state index < -0.39 is 10.1 Å². The fraction of sp³-hybridized carbons (Fsp3) is 0.316. The zero-order chi connectivity index (χ0) is 19.0. The minimum absolute atomic E-state index is 0.0166. The Hall–Kier alpha value is -2.54. The molecule has 0 fully saturated rings. The van der Waals surface area contributed by atoms with Crippen LogP contribution in [0, 0.1) is 0 Å². The Kier molecular flexibility index (Phi) is 7.03. The van der Waals surface area contributed by atoms with Crippen molar-refractivity contribution >= 4 is 21.8 Å². The van der Waals surface area contributed by atoms with Gasteiger partial charge in [0.25, 0.3) is 0 Å². The van der Waals surface area contributed by atoms with Crippen molar-refractivity contribution in [1.82, 2.24) is 5.32 Å². The molecule has 2 rings (SSSR count). The smallest absolute Gasteiger partial charge is 0.339 e. The van der Waals surface area contributed by atoms with E-state index in [1.807, 2.05) is 26.0 Å². The van der Waals surface area contributed by atoms with Crippen molar-refractivity contribution in [1.29, 1.82) is 0 Å². The molecule has 6 nitrogen and oxygen atoms in total. The van der Waals surface area contributed by atoms with Gasteiger partial charge in [0.15, 0.2) is 0 Å². The maximum atomic E-state index is 12.6. The quantitative estimate of drug-likeness (QED) is 0.684. The molecule has 7 heteroatoms. The lowest BCUT2D eigenvalue weighted by Gasteiger charge is -2.12. The Morgan fingerprint density at radius 1 is 1.04 bits per heavy atom. The highest BCUT2D eigenvalue weighted by Gasteiger charge is 2.19. The third-order valence-corrected chi connectivity index (χ3v) is 4.84. The SMILES string of the molecule is CCCNC(=O)Nc1cccc(S(=O)(=O)Oc2ccccc2CCC)c1. The van der Waals surface area contributed by atoms with Crippen LogP contribution in [0.25, 0.3) is 0 Å². The summed E-state index contributed by atoms with van der Waals surface area (Å²) in [6, 6.07) is 12.7. The Balaban J connectivity index is 2.19. The Morgan fingerprint density at radius 2 is 1.81 bits per heavy atom. The van der Waals surface area contributed by atoms with Gasteiger partial charge in [-0.15, -0.1) is 0 Å². The van der Waals surface area contributed by atoms with Crippen molar-refractivity contribution in [2.45, 2.75) is 38.0 Å². The molecule has 2 aromatic carbocycles. The summed E-state index contributed by atoms with van der Waals surface area (Å²) < 4.78 is 30.6. The number of hydrogen-bond acceptors (Lipinski definition) is 4. The topological polar surface area (TPSA) is 84.5 Å². The molecule has 0 atom stereocenters. The van der Waals surface area contributed by atoms with Crippen LogP contribution in [0.15, 0.2) is 53.4 Å². The fourth-order valence-electron chi connectivity index (χ4n) is 2.37. The average Bonchev–Trinajstić information content (AvgIpc) is 2.62. The standard InChI is InChI=1S/C19H24N2O4S/c1-3-8-15-9-5-6-12-18(15)25-26(23,24)17-11-7-10-16(14-17)21-19(22)20-13-4-2/h5-7,9-12,14H,3-4,8,13H2,1-2H3,(H2,20,21,22). The average molecular weight is 376 g/mol. The van der Waals surface area contributed by atoms with E-state index >= 15 is 0 Å². The number of benzene rings is 2. The molecular weight excluding hydrogens is 352 g/mol. The van der Waals surface area contributed by atoms with Gasteiger partial charge in [0.2, 0.25) is 0 Å². The zero-order valence-corrected chi connectivity index (χ0v) is 15.8. The van der Waals surface area contributed by atoms with Crippen molar-refractivity contribution in [3.63, 3.8) is 0 Å². The number of anilines is 1. The zero-order valence-electron chi connectivity index (χ0n) is 15.0. The number of para-hydroxylation sites is 1. The summed E-state index contributed by atoms with van der Waals surface area (Å²) in [4.78, 5) is 11.7. The molecule has 0 saturated carbocycles. The first kappa shape index (κ1) is 19.8.